The molecule has 3 nitrogen and oxygen atoms in total. The molecule has 0 aliphatic rings. The highest BCUT2D eigenvalue weighted by Crippen LogP contribution is 2.34. The molecule has 0 aromatic heterocycles. The van der Waals surface area contributed by atoms with Crippen molar-refractivity contribution >= 4 is 27.7 Å². The third-order valence-corrected chi connectivity index (χ3v) is 4.37. The zero-order valence-corrected chi connectivity index (χ0v) is 13.7. The van der Waals surface area contributed by atoms with E-state index in [0.717, 1.165) is 33.0 Å². The summed E-state index contributed by atoms with van der Waals surface area (Å²) in [5.41, 5.74) is 6.93. The molecule has 0 fully saturated rings. The Morgan fingerprint density at radius 1 is 1.22 bits per heavy atom. The minimum Gasteiger partial charge on any atom is -0.496 e. The molecular formula is C13H20BrNO2S. The number of methoxy groups -OCH3 is 2. The predicted octanol–water partition coefficient (Wildman–Crippen LogP) is 3.44. The summed E-state index contributed by atoms with van der Waals surface area (Å²) in [5.74, 6) is 3.44. The van der Waals surface area contributed by atoms with Crippen LogP contribution < -0.4 is 15.2 Å². The van der Waals surface area contributed by atoms with Gasteiger partial charge in [-0.1, -0.05) is 0 Å². The van der Waals surface area contributed by atoms with Gasteiger partial charge in [-0.15, -0.1) is 0 Å². The lowest BCUT2D eigenvalue weighted by molar-refractivity contribution is 0.398. The Balaban J connectivity index is 2.80. The minimum absolute atomic E-state index is 0.155. The van der Waals surface area contributed by atoms with Gasteiger partial charge in [-0.25, -0.2) is 0 Å². The number of halogens is 1. The minimum atomic E-state index is -0.155. The fourth-order valence-electron chi connectivity index (χ4n) is 1.46. The lowest BCUT2D eigenvalue weighted by Crippen LogP contribution is -2.34. The third-order valence-electron chi connectivity index (χ3n) is 2.29. The summed E-state index contributed by atoms with van der Waals surface area (Å²) in [6.07, 6.45) is 0. The molecular weight excluding hydrogens is 314 g/mol. The molecule has 1 aromatic carbocycles. The van der Waals surface area contributed by atoms with E-state index in [2.05, 4.69) is 15.9 Å². The summed E-state index contributed by atoms with van der Waals surface area (Å²) >= 11 is 5.24. The lowest BCUT2D eigenvalue weighted by atomic mass is 10.1. The maximum atomic E-state index is 5.97. The molecule has 0 spiro atoms. The number of nitrogens with two attached hydrogens (primary N) is 1. The van der Waals surface area contributed by atoms with Gasteiger partial charge in [0.25, 0.3) is 0 Å². The van der Waals surface area contributed by atoms with Crippen molar-refractivity contribution in [2.24, 2.45) is 5.73 Å². The molecule has 0 bridgehead atoms. The molecule has 0 heterocycles. The third kappa shape index (κ3) is 4.71. The molecule has 18 heavy (non-hydrogen) atoms. The Morgan fingerprint density at radius 2 is 1.83 bits per heavy atom. The number of benzene rings is 1. The summed E-state index contributed by atoms with van der Waals surface area (Å²) in [4.78, 5) is 0. The van der Waals surface area contributed by atoms with E-state index in [1.807, 2.05) is 26.0 Å². The average molecular weight is 334 g/mol. The second-order valence-corrected chi connectivity index (χ2v) is 6.62. The Morgan fingerprint density at radius 3 is 2.33 bits per heavy atom. The Labute approximate surface area is 122 Å². The maximum Gasteiger partial charge on any atom is 0.133 e. The largest absolute Gasteiger partial charge is 0.496 e. The number of hydrogen-bond donors (Lipinski definition) is 1. The quantitative estimate of drug-likeness (QED) is 0.866. The molecule has 0 saturated carbocycles. The zero-order valence-electron chi connectivity index (χ0n) is 11.2. The highest BCUT2D eigenvalue weighted by molar-refractivity contribution is 9.10. The van der Waals surface area contributed by atoms with E-state index < -0.39 is 0 Å². The Bertz CT molecular complexity index is 405. The van der Waals surface area contributed by atoms with Crippen molar-refractivity contribution in [3.05, 3.63) is 22.2 Å². The van der Waals surface area contributed by atoms with Gasteiger partial charge in [-0.3, -0.25) is 0 Å². The highest BCUT2D eigenvalue weighted by Gasteiger charge is 2.13. The first-order chi connectivity index (χ1) is 8.37. The number of hydrogen-bond acceptors (Lipinski definition) is 4. The predicted molar refractivity (Wildman–Crippen MR) is 81.7 cm³/mol. The monoisotopic (exact) mass is 333 g/mol. The van der Waals surface area contributed by atoms with E-state index >= 15 is 0 Å². The number of thioether (sulfide) groups is 1. The van der Waals surface area contributed by atoms with Gasteiger partial charge >= 0.3 is 0 Å². The molecule has 0 atom stereocenters. The summed E-state index contributed by atoms with van der Waals surface area (Å²) in [5, 5.41) is 0. The van der Waals surface area contributed by atoms with Crippen molar-refractivity contribution < 1.29 is 9.47 Å². The standard InChI is InChI=1S/C13H20BrNO2S/c1-13(2,15)8-18-7-9-5-12(17-4)10(14)6-11(9)16-3/h5-6H,7-8,15H2,1-4H3. The van der Waals surface area contributed by atoms with Crippen LogP contribution in [-0.4, -0.2) is 25.5 Å². The molecule has 0 radical (unpaired) electrons. The van der Waals surface area contributed by atoms with E-state index in [0.29, 0.717) is 0 Å². The maximum absolute atomic E-state index is 5.97. The molecule has 1 rings (SSSR count). The van der Waals surface area contributed by atoms with Gasteiger partial charge < -0.3 is 15.2 Å². The smallest absolute Gasteiger partial charge is 0.133 e. The summed E-state index contributed by atoms with van der Waals surface area (Å²) in [6, 6.07) is 3.93. The van der Waals surface area contributed by atoms with E-state index in [-0.39, 0.29) is 5.54 Å². The van der Waals surface area contributed by atoms with Crippen molar-refractivity contribution in [2.75, 3.05) is 20.0 Å². The number of ether oxygens (including phenoxy) is 2. The van der Waals surface area contributed by atoms with Crippen molar-refractivity contribution in [2.45, 2.75) is 25.1 Å². The molecule has 0 aliphatic heterocycles. The van der Waals surface area contributed by atoms with Crippen LogP contribution in [0.15, 0.2) is 16.6 Å². The van der Waals surface area contributed by atoms with Crippen LogP contribution in [0.25, 0.3) is 0 Å². The normalized spacial score (nSPS) is 11.4. The van der Waals surface area contributed by atoms with Crippen molar-refractivity contribution in [3.8, 4) is 11.5 Å². The van der Waals surface area contributed by atoms with Gasteiger partial charge in [0.05, 0.1) is 18.7 Å². The summed E-state index contributed by atoms with van der Waals surface area (Å²) in [7, 11) is 3.34. The average Bonchev–Trinajstić information content (AvgIpc) is 2.28. The molecule has 1 aromatic rings. The van der Waals surface area contributed by atoms with E-state index in [1.54, 1.807) is 26.0 Å². The van der Waals surface area contributed by atoms with Gasteiger partial charge in [-0.05, 0) is 41.9 Å². The van der Waals surface area contributed by atoms with Gasteiger partial charge in [0.2, 0.25) is 0 Å². The van der Waals surface area contributed by atoms with Crippen molar-refractivity contribution in [1.82, 2.24) is 0 Å². The molecule has 2 N–H and O–H groups in total. The Kier molecular flexibility index (Phi) is 5.82. The van der Waals surface area contributed by atoms with Crippen LogP contribution in [0.3, 0.4) is 0 Å². The highest BCUT2D eigenvalue weighted by atomic mass is 79.9. The topological polar surface area (TPSA) is 44.5 Å². The van der Waals surface area contributed by atoms with Crippen LogP contribution in [0.1, 0.15) is 19.4 Å². The van der Waals surface area contributed by atoms with Gasteiger partial charge in [-0.2, -0.15) is 11.8 Å². The second kappa shape index (κ2) is 6.68. The van der Waals surface area contributed by atoms with Gasteiger partial charge in [0.1, 0.15) is 11.5 Å². The SMILES string of the molecule is COc1cc(CSCC(C)(C)N)c(OC)cc1Br. The molecule has 0 aliphatic carbocycles. The molecule has 0 saturated heterocycles. The van der Waals surface area contributed by atoms with Crippen LogP contribution >= 0.6 is 27.7 Å². The number of rotatable bonds is 6. The van der Waals surface area contributed by atoms with Crippen LogP contribution in [0.4, 0.5) is 0 Å². The van der Waals surface area contributed by atoms with Crippen LogP contribution in [0, 0.1) is 0 Å². The lowest BCUT2D eigenvalue weighted by Gasteiger charge is -2.18. The van der Waals surface area contributed by atoms with E-state index in [4.69, 9.17) is 15.2 Å². The van der Waals surface area contributed by atoms with Crippen molar-refractivity contribution in [3.63, 3.8) is 0 Å². The second-order valence-electron chi connectivity index (χ2n) is 4.78. The van der Waals surface area contributed by atoms with E-state index in [1.165, 1.54) is 0 Å². The first-order valence-electron chi connectivity index (χ1n) is 5.64. The molecule has 0 amide bonds. The van der Waals surface area contributed by atoms with Gasteiger partial charge in [0.15, 0.2) is 0 Å². The first-order valence-corrected chi connectivity index (χ1v) is 7.59. The van der Waals surface area contributed by atoms with Crippen molar-refractivity contribution in [1.29, 1.82) is 0 Å². The molecule has 102 valence electrons. The van der Waals surface area contributed by atoms with Crippen LogP contribution in [-0.2, 0) is 5.75 Å². The molecule has 5 heteroatoms. The fourth-order valence-corrected chi connectivity index (χ4v) is 3.02. The molecule has 0 unspecified atom stereocenters. The van der Waals surface area contributed by atoms with E-state index in [9.17, 15) is 0 Å². The van der Waals surface area contributed by atoms with Gasteiger partial charge in [0, 0.05) is 22.6 Å². The first kappa shape index (κ1) is 15.7. The summed E-state index contributed by atoms with van der Waals surface area (Å²) < 4.78 is 11.6. The van der Waals surface area contributed by atoms with Crippen LogP contribution in [0.2, 0.25) is 0 Å². The Hall–Kier alpha value is -0.390. The van der Waals surface area contributed by atoms with Crippen LogP contribution in [0.5, 0.6) is 11.5 Å². The fraction of sp³-hybridized carbons (Fsp3) is 0.538. The zero-order chi connectivity index (χ0) is 13.8. The summed E-state index contributed by atoms with van der Waals surface area (Å²) in [6.45, 7) is 4.05.